The van der Waals surface area contributed by atoms with Gasteiger partial charge in [-0.05, 0) is 31.4 Å². The average Bonchev–Trinajstić information content (AvgIpc) is 2.30. The summed E-state index contributed by atoms with van der Waals surface area (Å²) < 4.78 is 0. The number of carboxylic acid groups (broad SMARTS) is 1. The molecule has 0 spiro atoms. The molecule has 0 aliphatic heterocycles. The molecule has 0 saturated carbocycles. The second-order valence-electron chi connectivity index (χ2n) is 3.88. The van der Waals surface area contributed by atoms with E-state index in [0.717, 1.165) is 0 Å². The summed E-state index contributed by atoms with van der Waals surface area (Å²) in [5.41, 5.74) is 0.638. The molecule has 3 N–H and O–H groups in total. The van der Waals surface area contributed by atoms with E-state index in [0.29, 0.717) is 10.7 Å². The fraction of sp³-hybridized carbons (Fsp3) is 0.417. The smallest absolute Gasteiger partial charge is 0.337 e. The van der Waals surface area contributed by atoms with Crippen molar-refractivity contribution in [3.63, 3.8) is 0 Å². The topological polar surface area (TPSA) is 69.6 Å². The highest BCUT2D eigenvalue weighted by Gasteiger charge is 2.18. The Morgan fingerprint density at radius 1 is 1.56 bits per heavy atom. The van der Waals surface area contributed by atoms with E-state index in [4.69, 9.17) is 16.7 Å². The van der Waals surface area contributed by atoms with Crippen LogP contribution in [0.4, 0.5) is 5.69 Å². The van der Waals surface area contributed by atoms with Crippen LogP contribution in [0.3, 0.4) is 0 Å². The molecule has 100 valence electrons. The molecule has 0 aliphatic rings. The van der Waals surface area contributed by atoms with Gasteiger partial charge in [-0.1, -0.05) is 11.6 Å². The van der Waals surface area contributed by atoms with Gasteiger partial charge in [0.1, 0.15) is 0 Å². The van der Waals surface area contributed by atoms with Crippen LogP contribution < -0.4 is 5.32 Å². The van der Waals surface area contributed by atoms with Crippen LogP contribution in [-0.2, 0) is 0 Å². The van der Waals surface area contributed by atoms with Crippen molar-refractivity contribution < 1.29 is 15.0 Å². The van der Waals surface area contributed by atoms with Crippen LogP contribution in [0.1, 0.15) is 17.3 Å². The first kappa shape index (κ1) is 15.1. The molecule has 1 aromatic carbocycles. The van der Waals surface area contributed by atoms with Gasteiger partial charge in [0.05, 0.1) is 17.9 Å². The predicted octanol–water partition coefficient (Wildman–Crippen LogP) is 2.56. The Labute approximate surface area is 115 Å². The molecule has 18 heavy (non-hydrogen) atoms. The maximum Gasteiger partial charge on any atom is 0.337 e. The second-order valence-corrected chi connectivity index (χ2v) is 5.40. The summed E-state index contributed by atoms with van der Waals surface area (Å²) >= 11 is 7.39. The largest absolute Gasteiger partial charge is 0.478 e. The molecule has 0 aliphatic carbocycles. The molecule has 0 radical (unpaired) electrons. The molecule has 1 rings (SSSR count). The third-order valence-electron chi connectivity index (χ3n) is 2.64. The summed E-state index contributed by atoms with van der Waals surface area (Å²) in [6.07, 6.45) is 1.90. The lowest BCUT2D eigenvalue weighted by atomic mass is 10.1. The molecule has 0 bridgehead atoms. The minimum absolute atomic E-state index is 0.00868. The second kappa shape index (κ2) is 6.87. The molecule has 0 amide bonds. The summed E-state index contributed by atoms with van der Waals surface area (Å²) in [5.74, 6) is -1.01. The number of anilines is 1. The summed E-state index contributed by atoms with van der Waals surface area (Å²) in [5, 5.41) is 21.8. The Kier molecular flexibility index (Phi) is 5.78. The molecule has 0 saturated heterocycles. The maximum atomic E-state index is 11.1. The number of halogens is 1. The number of hydrogen-bond acceptors (Lipinski definition) is 4. The Morgan fingerprint density at radius 2 is 2.22 bits per heavy atom. The monoisotopic (exact) mass is 289 g/mol. The fourth-order valence-electron chi connectivity index (χ4n) is 1.60. The zero-order valence-corrected chi connectivity index (χ0v) is 11.8. The number of thioether (sulfide) groups is 1. The van der Waals surface area contributed by atoms with E-state index < -0.39 is 5.97 Å². The van der Waals surface area contributed by atoms with Crippen LogP contribution in [0, 0.1) is 0 Å². The Bertz CT molecular complexity index is 424. The van der Waals surface area contributed by atoms with Crippen molar-refractivity contribution in [1.82, 2.24) is 0 Å². The first-order valence-electron chi connectivity index (χ1n) is 5.42. The van der Waals surface area contributed by atoms with Crippen LogP contribution in [0.2, 0.25) is 5.02 Å². The van der Waals surface area contributed by atoms with Crippen molar-refractivity contribution in [3.05, 3.63) is 28.8 Å². The third-order valence-corrected chi connectivity index (χ3v) is 4.03. The van der Waals surface area contributed by atoms with Crippen LogP contribution in [0.25, 0.3) is 0 Å². The number of aromatic carboxylic acids is 1. The molecular formula is C12H16ClNO3S. The van der Waals surface area contributed by atoms with Gasteiger partial charge >= 0.3 is 5.97 Å². The van der Waals surface area contributed by atoms with Crippen molar-refractivity contribution in [2.24, 2.45) is 0 Å². The lowest BCUT2D eigenvalue weighted by Crippen LogP contribution is -2.31. The van der Waals surface area contributed by atoms with Gasteiger partial charge in [-0.3, -0.25) is 0 Å². The molecule has 0 fully saturated rings. The van der Waals surface area contributed by atoms with E-state index in [1.165, 1.54) is 17.8 Å². The van der Waals surface area contributed by atoms with E-state index >= 15 is 0 Å². The normalized spacial score (nSPS) is 14.0. The van der Waals surface area contributed by atoms with Gasteiger partial charge in [-0.15, -0.1) is 0 Å². The number of aliphatic hydroxyl groups is 1. The SMILES string of the molecule is CSC(CO)C(C)Nc1cc(Cl)ccc1C(=O)O. The number of nitrogens with one attached hydrogen (secondary N) is 1. The lowest BCUT2D eigenvalue weighted by molar-refractivity contribution is 0.0698. The Hall–Kier alpha value is -0.910. The fourth-order valence-corrected chi connectivity index (χ4v) is 2.39. The highest BCUT2D eigenvalue weighted by atomic mass is 35.5. The Morgan fingerprint density at radius 3 is 2.72 bits per heavy atom. The molecule has 1 aromatic rings. The maximum absolute atomic E-state index is 11.1. The molecule has 0 aromatic heterocycles. The first-order chi connectivity index (χ1) is 8.49. The van der Waals surface area contributed by atoms with E-state index in [2.05, 4.69) is 5.32 Å². The number of hydrogen-bond donors (Lipinski definition) is 3. The van der Waals surface area contributed by atoms with Crippen LogP contribution in [0.5, 0.6) is 0 Å². The van der Waals surface area contributed by atoms with Gasteiger partial charge in [0.25, 0.3) is 0 Å². The number of carbonyl (C=O) groups is 1. The van der Waals surface area contributed by atoms with Gasteiger partial charge in [-0.2, -0.15) is 11.8 Å². The number of carboxylic acids is 1. The third kappa shape index (κ3) is 3.80. The highest BCUT2D eigenvalue weighted by Crippen LogP contribution is 2.24. The van der Waals surface area contributed by atoms with E-state index in [1.807, 2.05) is 13.2 Å². The summed E-state index contributed by atoms with van der Waals surface area (Å²) in [6, 6.07) is 4.52. The van der Waals surface area contributed by atoms with Gasteiger partial charge in [-0.25, -0.2) is 4.79 Å². The van der Waals surface area contributed by atoms with Crippen molar-refractivity contribution in [1.29, 1.82) is 0 Å². The number of benzene rings is 1. The van der Waals surface area contributed by atoms with Crippen LogP contribution >= 0.6 is 23.4 Å². The van der Waals surface area contributed by atoms with Crippen molar-refractivity contribution in [2.45, 2.75) is 18.2 Å². The molecule has 6 heteroatoms. The van der Waals surface area contributed by atoms with Gasteiger partial charge < -0.3 is 15.5 Å². The molecule has 2 unspecified atom stereocenters. The minimum atomic E-state index is -1.01. The molecule has 0 heterocycles. The van der Waals surface area contributed by atoms with E-state index in [-0.39, 0.29) is 23.5 Å². The zero-order chi connectivity index (χ0) is 13.7. The first-order valence-corrected chi connectivity index (χ1v) is 7.09. The van der Waals surface area contributed by atoms with E-state index in [9.17, 15) is 9.90 Å². The highest BCUT2D eigenvalue weighted by molar-refractivity contribution is 7.99. The Balaban J connectivity index is 2.95. The van der Waals surface area contributed by atoms with Crippen LogP contribution in [0.15, 0.2) is 18.2 Å². The number of rotatable bonds is 6. The molecule has 2 atom stereocenters. The zero-order valence-electron chi connectivity index (χ0n) is 10.2. The summed E-state index contributed by atoms with van der Waals surface area (Å²) in [7, 11) is 0. The van der Waals surface area contributed by atoms with E-state index in [1.54, 1.807) is 12.1 Å². The van der Waals surface area contributed by atoms with Crippen molar-refractivity contribution >= 4 is 35.0 Å². The van der Waals surface area contributed by atoms with Gasteiger partial charge in [0, 0.05) is 16.3 Å². The average molecular weight is 290 g/mol. The van der Waals surface area contributed by atoms with Gasteiger partial charge in [0.15, 0.2) is 0 Å². The summed E-state index contributed by atoms with van der Waals surface area (Å²) in [4.78, 5) is 11.1. The molecule has 4 nitrogen and oxygen atoms in total. The number of aliphatic hydroxyl groups excluding tert-OH is 1. The van der Waals surface area contributed by atoms with Crippen LogP contribution in [-0.4, -0.2) is 40.3 Å². The summed E-state index contributed by atoms with van der Waals surface area (Å²) in [6.45, 7) is 1.92. The molecular weight excluding hydrogens is 274 g/mol. The quantitative estimate of drug-likeness (QED) is 0.751. The minimum Gasteiger partial charge on any atom is -0.478 e. The van der Waals surface area contributed by atoms with Crippen molar-refractivity contribution in [2.75, 3.05) is 18.2 Å². The standard InChI is InChI=1S/C12H16ClNO3S/c1-7(11(6-15)18-2)14-10-5-8(13)3-4-9(10)12(16)17/h3-5,7,11,14-15H,6H2,1-2H3,(H,16,17). The lowest BCUT2D eigenvalue weighted by Gasteiger charge is -2.23. The van der Waals surface area contributed by atoms with Gasteiger partial charge in [0.2, 0.25) is 0 Å². The van der Waals surface area contributed by atoms with Crippen molar-refractivity contribution in [3.8, 4) is 0 Å². The predicted molar refractivity (Wildman–Crippen MR) is 75.9 cm³/mol.